The van der Waals surface area contributed by atoms with E-state index in [9.17, 15) is 0 Å². The summed E-state index contributed by atoms with van der Waals surface area (Å²) in [6.45, 7) is 5.61. The van der Waals surface area contributed by atoms with Crippen molar-refractivity contribution in [2.45, 2.75) is 25.6 Å². The summed E-state index contributed by atoms with van der Waals surface area (Å²) in [5.74, 6) is 0.777. The molecule has 1 saturated heterocycles. The van der Waals surface area contributed by atoms with Crippen LogP contribution >= 0.6 is 0 Å². The van der Waals surface area contributed by atoms with Crippen LogP contribution in [0.5, 0.6) is 0 Å². The van der Waals surface area contributed by atoms with Crippen molar-refractivity contribution in [3.05, 3.63) is 24.3 Å². The van der Waals surface area contributed by atoms with Crippen LogP contribution in [0.2, 0.25) is 0 Å². The highest BCUT2D eigenvalue weighted by Crippen LogP contribution is 2.19. The lowest BCUT2D eigenvalue weighted by Crippen LogP contribution is -2.40. The maximum atomic E-state index is 5.86. The molecule has 0 aromatic carbocycles. The fraction of sp³-hybridized carbons (Fsp3) is 0.714. The predicted octanol–water partition coefficient (Wildman–Crippen LogP) is -0.0204. The Morgan fingerprint density at radius 1 is 1.35 bits per heavy atom. The molecule has 0 amide bonds. The van der Waals surface area contributed by atoms with Gasteiger partial charge in [0.2, 0.25) is 0 Å². The van der Waals surface area contributed by atoms with Gasteiger partial charge in [-0.3, -0.25) is 9.58 Å². The van der Waals surface area contributed by atoms with E-state index in [-0.39, 0.29) is 6.10 Å². The molecule has 0 bridgehead atoms. The third kappa shape index (κ3) is 4.34. The van der Waals surface area contributed by atoms with E-state index in [4.69, 9.17) is 9.47 Å². The van der Waals surface area contributed by atoms with Gasteiger partial charge in [0.1, 0.15) is 6.10 Å². The van der Waals surface area contributed by atoms with Gasteiger partial charge in [0.05, 0.1) is 19.8 Å². The molecule has 1 atom stereocenters. The topological polar surface area (TPSA) is 83.1 Å². The molecule has 1 fully saturated rings. The van der Waals surface area contributed by atoms with Crippen molar-refractivity contribution in [2.24, 2.45) is 0 Å². The largest absolute Gasteiger partial charge is 0.383 e. The first-order chi connectivity index (χ1) is 11.4. The Morgan fingerprint density at radius 2 is 2.30 bits per heavy atom. The van der Waals surface area contributed by atoms with E-state index in [0.29, 0.717) is 19.8 Å². The molecule has 1 aliphatic rings. The van der Waals surface area contributed by atoms with E-state index in [0.717, 1.165) is 38.4 Å². The molecule has 3 rings (SSSR count). The van der Waals surface area contributed by atoms with Gasteiger partial charge >= 0.3 is 0 Å². The van der Waals surface area contributed by atoms with Crippen LogP contribution in [0.15, 0.2) is 18.5 Å². The lowest BCUT2D eigenvalue weighted by molar-refractivity contribution is -0.0373. The molecule has 3 heterocycles. The molecule has 0 radical (unpaired) electrons. The summed E-state index contributed by atoms with van der Waals surface area (Å²) in [5.41, 5.74) is 0. The minimum atomic E-state index is -0.0830. The van der Waals surface area contributed by atoms with E-state index in [2.05, 4.69) is 25.5 Å². The molecule has 2 aromatic rings. The van der Waals surface area contributed by atoms with Gasteiger partial charge in [-0.1, -0.05) is 0 Å². The van der Waals surface area contributed by atoms with Gasteiger partial charge in [0.15, 0.2) is 5.82 Å². The number of tetrazole rings is 1. The highest BCUT2D eigenvalue weighted by atomic mass is 16.5. The number of aryl methyl sites for hydroxylation is 1. The highest BCUT2D eigenvalue weighted by molar-refractivity contribution is 4.92. The first kappa shape index (κ1) is 16.0. The molecule has 2 aromatic heterocycles. The van der Waals surface area contributed by atoms with Crippen LogP contribution in [0.25, 0.3) is 0 Å². The number of rotatable bonds is 8. The third-order valence-electron chi connectivity index (χ3n) is 3.93. The number of nitrogens with zero attached hydrogens (tertiary/aromatic N) is 7. The molecule has 0 aliphatic carbocycles. The first-order valence-corrected chi connectivity index (χ1v) is 7.93. The lowest BCUT2D eigenvalue weighted by atomic mass is 10.2. The van der Waals surface area contributed by atoms with E-state index in [1.54, 1.807) is 11.8 Å². The Hall–Kier alpha value is -1.84. The number of ether oxygens (including phenoxy) is 2. The van der Waals surface area contributed by atoms with Crippen molar-refractivity contribution in [3.63, 3.8) is 0 Å². The second-order valence-corrected chi connectivity index (χ2v) is 5.54. The summed E-state index contributed by atoms with van der Waals surface area (Å²) in [6, 6.07) is 1.95. The highest BCUT2D eigenvalue weighted by Gasteiger charge is 2.26. The summed E-state index contributed by atoms with van der Waals surface area (Å²) in [4.78, 5) is 2.40. The summed E-state index contributed by atoms with van der Waals surface area (Å²) in [5, 5.41) is 16.1. The Kier molecular flexibility index (Phi) is 5.67. The van der Waals surface area contributed by atoms with Gasteiger partial charge in [0, 0.05) is 45.7 Å². The molecular formula is C14H23N7O2. The predicted molar refractivity (Wildman–Crippen MR) is 81.7 cm³/mol. The van der Waals surface area contributed by atoms with Crippen molar-refractivity contribution in [1.29, 1.82) is 0 Å². The average molecular weight is 321 g/mol. The van der Waals surface area contributed by atoms with Gasteiger partial charge in [-0.05, 0) is 22.9 Å². The van der Waals surface area contributed by atoms with Crippen LogP contribution in [0.3, 0.4) is 0 Å². The summed E-state index contributed by atoms with van der Waals surface area (Å²) in [6.07, 6.45) is 4.78. The number of methoxy groups -OCH3 is 1. The molecule has 23 heavy (non-hydrogen) atoms. The molecule has 0 unspecified atom stereocenters. The van der Waals surface area contributed by atoms with Crippen molar-refractivity contribution in [2.75, 3.05) is 40.0 Å². The van der Waals surface area contributed by atoms with Crippen LogP contribution < -0.4 is 0 Å². The minimum Gasteiger partial charge on any atom is -0.383 e. The summed E-state index contributed by atoms with van der Waals surface area (Å²) < 4.78 is 14.7. The van der Waals surface area contributed by atoms with Gasteiger partial charge in [-0.15, -0.1) is 5.10 Å². The monoisotopic (exact) mass is 321 g/mol. The summed E-state index contributed by atoms with van der Waals surface area (Å²) in [7, 11) is 1.67. The standard InChI is InChI=1S/C14H23N7O2/c1-22-10-9-21-14(16-17-18-21)13-12-19(8-11-23-13)5-3-7-20-6-2-4-15-20/h2,4,6,13H,3,5,7-12H2,1H3/t13-/m1/s1. The molecule has 0 spiro atoms. The molecular weight excluding hydrogens is 298 g/mol. The average Bonchev–Trinajstić information content (AvgIpc) is 3.25. The van der Waals surface area contributed by atoms with Gasteiger partial charge in [-0.2, -0.15) is 5.10 Å². The quantitative estimate of drug-likeness (QED) is 0.675. The first-order valence-electron chi connectivity index (χ1n) is 7.93. The zero-order valence-corrected chi connectivity index (χ0v) is 13.4. The lowest BCUT2D eigenvalue weighted by Gasteiger charge is -2.32. The van der Waals surface area contributed by atoms with Crippen LogP contribution in [0.1, 0.15) is 18.3 Å². The van der Waals surface area contributed by atoms with E-state index in [1.165, 1.54) is 0 Å². The molecule has 1 aliphatic heterocycles. The van der Waals surface area contributed by atoms with Gasteiger partial charge in [0.25, 0.3) is 0 Å². The van der Waals surface area contributed by atoms with Crippen LogP contribution in [-0.2, 0) is 22.6 Å². The van der Waals surface area contributed by atoms with Crippen molar-refractivity contribution in [1.82, 2.24) is 34.9 Å². The Balaban J connectivity index is 1.50. The van der Waals surface area contributed by atoms with E-state index < -0.39 is 0 Å². The molecule has 9 heteroatoms. The summed E-state index contributed by atoms with van der Waals surface area (Å²) >= 11 is 0. The Bertz CT molecular complexity index is 571. The Morgan fingerprint density at radius 3 is 3.13 bits per heavy atom. The van der Waals surface area contributed by atoms with Crippen LogP contribution in [0, 0.1) is 0 Å². The van der Waals surface area contributed by atoms with Crippen molar-refractivity contribution >= 4 is 0 Å². The zero-order valence-electron chi connectivity index (χ0n) is 13.4. The number of hydrogen-bond donors (Lipinski definition) is 0. The zero-order chi connectivity index (χ0) is 15.9. The van der Waals surface area contributed by atoms with E-state index >= 15 is 0 Å². The number of morpholine rings is 1. The van der Waals surface area contributed by atoms with Crippen molar-refractivity contribution < 1.29 is 9.47 Å². The maximum Gasteiger partial charge on any atom is 0.181 e. The molecule has 126 valence electrons. The minimum absolute atomic E-state index is 0.0830. The fourth-order valence-electron chi connectivity index (χ4n) is 2.73. The Labute approximate surface area is 135 Å². The number of aromatic nitrogens is 6. The van der Waals surface area contributed by atoms with Gasteiger partial charge in [-0.25, -0.2) is 4.68 Å². The second kappa shape index (κ2) is 8.14. The van der Waals surface area contributed by atoms with Gasteiger partial charge < -0.3 is 9.47 Å². The number of hydrogen-bond acceptors (Lipinski definition) is 7. The normalized spacial score (nSPS) is 19.3. The van der Waals surface area contributed by atoms with Crippen molar-refractivity contribution in [3.8, 4) is 0 Å². The SMILES string of the molecule is COCCn1nnnc1[C@H]1CN(CCCn2cccn2)CCO1. The molecule has 9 nitrogen and oxygen atoms in total. The fourth-order valence-corrected chi connectivity index (χ4v) is 2.73. The molecule has 0 N–H and O–H groups in total. The van der Waals surface area contributed by atoms with E-state index in [1.807, 2.05) is 23.1 Å². The smallest absolute Gasteiger partial charge is 0.181 e. The second-order valence-electron chi connectivity index (χ2n) is 5.54. The molecule has 0 saturated carbocycles. The third-order valence-corrected chi connectivity index (χ3v) is 3.93. The van der Waals surface area contributed by atoms with Crippen LogP contribution in [-0.4, -0.2) is 74.8 Å². The van der Waals surface area contributed by atoms with Crippen LogP contribution in [0.4, 0.5) is 0 Å². The maximum absolute atomic E-state index is 5.86.